The van der Waals surface area contributed by atoms with Gasteiger partial charge in [-0.15, -0.1) is 0 Å². The summed E-state index contributed by atoms with van der Waals surface area (Å²) in [4.78, 5) is 2.52. The van der Waals surface area contributed by atoms with Crippen LogP contribution in [-0.4, -0.2) is 48.0 Å². The van der Waals surface area contributed by atoms with Gasteiger partial charge in [-0.2, -0.15) is 0 Å². The molecule has 0 spiro atoms. The van der Waals surface area contributed by atoms with Crippen LogP contribution in [0.1, 0.15) is 52.9 Å². The Labute approximate surface area is 106 Å². The average molecular weight is 243 g/mol. The number of hydrogen-bond acceptors (Lipinski definition) is 3. The minimum Gasteiger partial charge on any atom is -0.393 e. The van der Waals surface area contributed by atoms with Crippen LogP contribution in [0.4, 0.5) is 0 Å². The molecule has 17 heavy (non-hydrogen) atoms. The van der Waals surface area contributed by atoms with Crippen molar-refractivity contribution in [3.63, 3.8) is 0 Å². The van der Waals surface area contributed by atoms with Crippen LogP contribution in [-0.2, 0) is 4.74 Å². The Hall–Kier alpha value is -0.120. The maximum atomic E-state index is 9.57. The zero-order chi connectivity index (χ0) is 12.7. The number of ether oxygens (including phenoxy) is 1. The third-order valence-corrected chi connectivity index (χ3v) is 3.44. The zero-order valence-corrected chi connectivity index (χ0v) is 11.7. The van der Waals surface area contributed by atoms with E-state index in [2.05, 4.69) is 18.7 Å². The number of hydrogen-bond donors (Lipinski definition) is 1. The van der Waals surface area contributed by atoms with E-state index < -0.39 is 0 Å². The first kappa shape index (κ1) is 14.9. The van der Waals surface area contributed by atoms with Crippen LogP contribution >= 0.6 is 0 Å². The second-order valence-corrected chi connectivity index (χ2v) is 5.54. The quantitative estimate of drug-likeness (QED) is 0.777. The summed E-state index contributed by atoms with van der Waals surface area (Å²) < 4.78 is 5.63. The standard InChI is InChI=1S/C14H29NO2/c1-12(2)17-10-9-15-8-6-4-5-7-14(15)11-13(3)16/h12-14,16H,4-11H2,1-3H3. The lowest BCUT2D eigenvalue weighted by molar-refractivity contribution is 0.0403. The van der Waals surface area contributed by atoms with E-state index >= 15 is 0 Å². The van der Waals surface area contributed by atoms with Crippen molar-refractivity contribution in [2.75, 3.05) is 19.7 Å². The van der Waals surface area contributed by atoms with E-state index in [1.165, 1.54) is 32.2 Å². The fourth-order valence-electron chi connectivity index (χ4n) is 2.60. The third-order valence-electron chi connectivity index (χ3n) is 3.44. The maximum Gasteiger partial charge on any atom is 0.0597 e. The molecule has 1 fully saturated rings. The lowest BCUT2D eigenvalue weighted by atomic mass is 10.0. The Morgan fingerprint density at radius 2 is 2.00 bits per heavy atom. The second kappa shape index (κ2) is 8.06. The predicted molar refractivity (Wildman–Crippen MR) is 71.2 cm³/mol. The Bertz CT molecular complexity index is 195. The summed E-state index contributed by atoms with van der Waals surface area (Å²) in [5, 5.41) is 9.57. The van der Waals surface area contributed by atoms with Gasteiger partial charge in [-0.1, -0.05) is 12.8 Å². The van der Waals surface area contributed by atoms with Gasteiger partial charge < -0.3 is 9.84 Å². The predicted octanol–water partition coefficient (Wildman–Crippen LogP) is 2.43. The SMILES string of the molecule is CC(O)CC1CCCCCN1CCOC(C)C. The molecule has 0 radical (unpaired) electrons. The van der Waals surface area contributed by atoms with E-state index in [1.54, 1.807) is 0 Å². The van der Waals surface area contributed by atoms with E-state index in [1.807, 2.05) is 6.92 Å². The van der Waals surface area contributed by atoms with E-state index in [-0.39, 0.29) is 6.10 Å². The van der Waals surface area contributed by atoms with Crippen molar-refractivity contribution in [2.45, 2.75) is 71.1 Å². The Kier molecular flexibility index (Phi) is 7.09. The topological polar surface area (TPSA) is 32.7 Å². The first-order valence-corrected chi connectivity index (χ1v) is 7.13. The number of aliphatic hydroxyl groups excluding tert-OH is 1. The van der Waals surface area contributed by atoms with Gasteiger partial charge in [-0.3, -0.25) is 4.90 Å². The maximum absolute atomic E-state index is 9.57. The summed E-state index contributed by atoms with van der Waals surface area (Å²) >= 11 is 0. The highest BCUT2D eigenvalue weighted by molar-refractivity contribution is 4.77. The van der Waals surface area contributed by atoms with Crippen molar-refractivity contribution < 1.29 is 9.84 Å². The molecule has 0 aromatic carbocycles. The molecule has 0 amide bonds. The summed E-state index contributed by atoms with van der Waals surface area (Å²) in [5.74, 6) is 0. The Balaban J connectivity index is 2.38. The van der Waals surface area contributed by atoms with Crippen LogP contribution in [0.25, 0.3) is 0 Å². The second-order valence-electron chi connectivity index (χ2n) is 5.54. The minimum absolute atomic E-state index is 0.188. The number of likely N-dealkylation sites (tertiary alicyclic amines) is 1. The van der Waals surface area contributed by atoms with Crippen LogP contribution in [0.15, 0.2) is 0 Å². The molecular formula is C14H29NO2. The first-order chi connectivity index (χ1) is 8.09. The smallest absolute Gasteiger partial charge is 0.0597 e. The Morgan fingerprint density at radius 1 is 1.24 bits per heavy atom. The van der Waals surface area contributed by atoms with E-state index in [9.17, 15) is 5.11 Å². The number of nitrogens with zero attached hydrogens (tertiary/aromatic N) is 1. The summed E-state index contributed by atoms with van der Waals surface area (Å²) in [5.41, 5.74) is 0. The molecule has 1 N–H and O–H groups in total. The molecule has 2 unspecified atom stereocenters. The molecule has 0 aromatic rings. The van der Waals surface area contributed by atoms with Crippen molar-refractivity contribution in [3.8, 4) is 0 Å². The molecular weight excluding hydrogens is 214 g/mol. The molecule has 0 bridgehead atoms. The van der Waals surface area contributed by atoms with Crippen molar-refractivity contribution in [1.82, 2.24) is 4.90 Å². The van der Waals surface area contributed by atoms with Gasteiger partial charge in [0, 0.05) is 12.6 Å². The molecule has 1 heterocycles. The highest BCUT2D eigenvalue weighted by Crippen LogP contribution is 2.20. The molecule has 0 saturated carbocycles. The number of aliphatic hydroxyl groups is 1. The van der Waals surface area contributed by atoms with Gasteiger partial charge in [0.25, 0.3) is 0 Å². The van der Waals surface area contributed by atoms with Crippen LogP contribution in [0, 0.1) is 0 Å². The van der Waals surface area contributed by atoms with Crippen molar-refractivity contribution in [3.05, 3.63) is 0 Å². The zero-order valence-electron chi connectivity index (χ0n) is 11.7. The molecule has 1 aliphatic heterocycles. The summed E-state index contributed by atoms with van der Waals surface area (Å²) in [6.45, 7) is 9.04. The van der Waals surface area contributed by atoms with E-state index in [0.717, 1.165) is 19.6 Å². The monoisotopic (exact) mass is 243 g/mol. The van der Waals surface area contributed by atoms with Gasteiger partial charge in [0.2, 0.25) is 0 Å². The molecule has 3 heteroatoms. The molecule has 0 aromatic heterocycles. The molecule has 1 aliphatic rings. The lowest BCUT2D eigenvalue weighted by Crippen LogP contribution is -2.39. The highest BCUT2D eigenvalue weighted by Gasteiger charge is 2.21. The van der Waals surface area contributed by atoms with Crippen molar-refractivity contribution in [1.29, 1.82) is 0 Å². The van der Waals surface area contributed by atoms with Crippen LogP contribution in [0.5, 0.6) is 0 Å². The van der Waals surface area contributed by atoms with Crippen molar-refractivity contribution in [2.24, 2.45) is 0 Å². The Morgan fingerprint density at radius 3 is 2.65 bits per heavy atom. The third kappa shape index (κ3) is 6.39. The van der Waals surface area contributed by atoms with Crippen LogP contribution < -0.4 is 0 Å². The van der Waals surface area contributed by atoms with Crippen molar-refractivity contribution >= 4 is 0 Å². The first-order valence-electron chi connectivity index (χ1n) is 7.13. The van der Waals surface area contributed by atoms with Gasteiger partial charge in [-0.25, -0.2) is 0 Å². The molecule has 1 saturated heterocycles. The highest BCUT2D eigenvalue weighted by atomic mass is 16.5. The normalized spacial score (nSPS) is 24.9. The van der Waals surface area contributed by atoms with Crippen LogP contribution in [0.3, 0.4) is 0 Å². The average Bonchev–Trinajstić information content (AvgIpc) is 2.43. The molecule has 1 rings (SSSR count). The van der Waals surface area contributed by atoms with E-state index in [0.29, 0.717) is 12.1 Å². The summed E-state index contributed by atoms with van der Waals surface area (Å²) in [6.07, 6.45) is 6.19. The number of rotatable bonds is 6. The fraction of sp³-hybridized carbons (Fsp3) is 1.00. The van der Waals surface area contributed by atoms with Gasteiger partial charge in [0.1, 0.15) is 0 Å². The fourth-order valence-corrected chi connectivity index (χ4v) is 2.60. The summed E-state index contributed by atoms with van der Waals surface area (Å²) in [7, 11) is 0. The molecule has 2 atom stereocenters. The lowest BCUT2D eigenvalue weighted by Gasteiger charge is -2.31. The van der Waals surface area contributed by atoms with Gasteiger partial charge in [-0.05, 0) is 46.6 Å². The molecule has 102 valence electrons. The van der Waals surface area contributed by atoms with E-state index in [4.69, 9.17) is 4.74 Å². The largest absolute Gasteiger partial charge is 0.393 e. The van der Waals surface area contributed by atoms with Gasteiger partial charge in [0.15, 0.2) is 0 Å². The van der Waals surface area contributed by atoms with Crippen LogP contribution in [0.2, 0.25) is 0 Å². The molecule has 3 nitrogen and oxygen atoms in total. The van der Waals surface area contributed by atoms with Gasteiger partial charge in [0.05, 0.1) is 18.8 Å². The van der Waals surface area contributed by atoms with Gasteiger partial charge >= 0.3 is 0 Å². The molecule has 0 aliphatic carbocycles. The minimum atomic E-state index is -0.188. The summed E-state index contributed by atoms with van der Waals surface area (Å²) in [6, 6.07) is 0.549.